The van der Waals surface area contributed by atoms with Gasteiger partial charge in [-0.25, -0.2) is 0 Å². The Morgan fingerprint density at radius 1 is 1.06 bits per heavy atom. The number of rotatable bonds is 9. The predicted octanol–water partition coefficient (Wildman–Crippen LogP) is 4.06. The van der Waals surface area contributed by atoms with Crippen LogP contribution in [0.15, 0.2) is 59.8 Å². The van der Waals surface area contributed by atoms with E-state index in [1.54, 1.807) is 31.4 Å². The number of aromatic nitrogens is 3. The molecule has 1 aliphatic carbocycles. The van der Waals surface area contributed by atoms with Gasteiger partial charge in [0.15, 0.2) is 11.0 Å². The molecular formula is C26H31N5O3S. The Kier molecular flexibility index (Phi) is 8.41. The number of carbonyl (C=O) groups excluding carboxylic acids is 2. The highest BCUT2D eigenvalue weighted by Crippen LogP contribution is 2.25. The zero-order chi connectivity index (χ0) is 24.6. The van der Waals surface area contributed by atoms with Gasteiger partial charge in [0.05, 0.1) is 12.9 Å². The summed E-state index contributed by atoms with van der Waals surface area (Å²) in [6, 6.07) is 17.2. The first-order chi connectivity index (χ1) is 17.0. The summed E-state index contributed by atoms with van der Waals surface area (Å²) in [5, 5.41) is 12.3. The van der Waals surface area contributed by atoms with Crippen LogP contribution in [0.4, 0.5) is 5.69 Å². The smallest absolute Gasteiger partial charge is 0.240 e. The first-order valence-electron chi connectivity index (χ1n) is 11.9. The minimum absolute atomic E-state index is 0.0314. The van der Waals surface area contributed by atoms with Gasteiger partial charge >= 0.3 is 0 Å². The standard InChI is InChI=1S/C26H31N5O3S/c1-30-25(19-9-5-3-6-10-19)28-29-26(30)35-18-24(33)31(21-13-15-22(34-2)16-14-21)17-23(32)27-20-11-7-4-8-12-20/h3,5-6,9-10,13-16,20H,4,7-8,11-12,17-18H2,1-2H3,(H,27,32). The third kappa shape index (κ3) is 6.42. The number of anilines is 1. The van der Waals surface area contributed by atoms with Crippen LogP contribution in [0.3, 0.4) is 0 Å². The van der Waals surface area contributed by atoms with Crippen molar-refractivity contribution in [2.45, 2.75) is 43.3 Å². The molecule has 184 valence electrons. The molecule has 1 saturated carbocycles. The van der Waals surface area contributed by atoms with Crippen molar-refractivity contribution in [3.63, 3.8) is 0 Å². The molecule has 0 aliphatic heterocycles. The Morgan fingerprint density at radius 2 is 1.77 bits per heavy atom. The minimum Gasteiger partial charge on any atom is -0.497 e. The highest BCUT2D eigenvalue weighted by molar-refractivity contribution is 7.99. The van der Waals surface area contributed by atoms with E-state index >= 15 is 0 Å². The third-order valence-electron chi connectivity index (χ3n) is 6.15. The lowest BCUT2D eigenvalue weighted by molar-refractivity contribution is -0.123. The molecule has 1 aliphatic rings. The molecule has 0 radical (unpaired) electrons. The Balaban J connectivity index is 1.45. The summed E-state index contributed by atoms with van der Waals surface area (Å²) < 4.78 is 7.12. The number of benzene rings is 2. The van der Waals surface area contributed by atoms with E-state index in [1.807, 2.05) is 41.9 Å². The summed E-state index contributed by atoms with van der Waals surface area (Å²) in [4.78, 5) is 27.7. The topological polar surface area (TPSA) is 89.3 Å². The average Bonchev–Trinajstić information content (AvgIpc) is 3.27. The van der Waals surface area contributed by atoms with Crippen LogP contribution in [0.25, 0.3) is 11.4 Å². The van der Waals surface area contributed by atoms with Crippen molar-refractivity contribution in [3.05, 3.63) is 54.6 Å². The van der Waals surface area contributed by atoms with Crippen molar-refractivity contribution < 1.29 is 14.3 Å². The minimum atomic E-state index is -0.178. The van der Waals surface area contributed by atoms with Gasteiger partial charge in [-0.3, -0.25) is 9.59 Å². The summed E-state index contributed by atoms with van der Waals surface area (Å²) >= 11 is 1.31. The number of hydrogen-bond acceptors (Lipinski definition) is 6. The lowest BCUT2D eigenvalue weighted by Gasteiger charge is -2.26. The quantitative estimate of drug-likeness (QED) is 0.452. The normalized spacial score (nSPS) is 13.9. The predicted molar refractivity (Wildman–Crippen MR) is 138 cm³/mol. The van der Waals surface area contributed by atoms with Crippen LogP contribution in [-0.4, -0.2) is 52.0 Å². The molecule has 4 rings (SSSR count). The Morgan fingerprint density at radius 3 is 2.46 bits per heavy atom. The fourth-order valence-corrected chi connectivity index (χ4v) is 5.02. The van der Waals surface area contributed by atoms with Crippen LogP contribution >= 0.6 is 11.8 Å². The molecular weight excluding hydrogens is 462 g/mol. The number of methoxy groups -OCH3 is 1. The summed E-state index contributed by atoms with van der Waals surface area (Å²) in [5.41, 5.74) is 1.61. The first-order valence-corrected chi connectivity index (χ1v) is 12.8. The van der Waals surface area contributed by atoms with E-state index in [0.29, 0.717) is 16.6 Å². The number of ether oxygens (including phenoxy) is 1. The molecule has 0 atom stereocenters. The van der Waals surface area contributed by atoms with Crippen molar-refractivity contribution in [2.24, 2.45) is 7.05 Å². The second-order valence-electron chi connectivity index (χ2n) is 8.60. The van der Waals surface area contributed by atoms with Crippen molar-refractivity contribution >= 4 is 29.3 Å². The maximum atomic E-state index is 13.3. The van der Waals surface area contributed by atoms with Crippen molar-refractivity contribution in [3.8, 4) is 17.1 Å². The highest BCUT2D eigenvalue weighted by atomic mass is 32.2. The Hall–Kier alpha value is -3.33. The van der Waals surface area contributed by atoms with Gasteiger partial charge in [0.2, 0.25) is 11.8 Å². The molecule has 9 heteroatoms. The molecule has 8 nitrogen and oxygen atoms in total. The monoisotopic (exact) mass is 493 g/mol. The number of thioether (sulfide) groups is 1. The summed E-state index contributed by atoms with van der Waals surface area (Å²) in [7, 11) is 3.48. The molecule has 0 bridgehead atoms. The zero-order valence-electron chi connectivity index (χ0n) is 20.1. The van der Waals surface area contributed by atoms with Gasteiger partial charge in [-0.1, -0.05) is 61.4 Å². The average molecular weight is 494 g/mol. The zero-order valence-corrected chi connectivity index (χ0v) is 21.0. The van der Waals surface area contributed by atoms with E-state index < -0.39 is 0 Å². The van der Waals surface area contributed by atoms with E-state index in [-0.39, 0.29) is 30.2 Å². The van der Waals surface area contributed by atoms with E-state index in [4.69, 9.17) is 4.74 Å². The number of nitrogens with one attached hydrogen (secondary N) is 1. The molecule has 0 spiro atoms. The van der Waals surface area contributed by atoms with Crippen LogP contribution < -0.4 is 15.0 Å². The maximum absolute atomic E-state index is 13.3. The fraction of sp³-hybridized carbons (Fsp3) is 0.385. The van der Waals surface area contributed by atoms with E-state index in [1.165, 1.54) is 23.1 Å². The largest absolute Gasteiger partial charge is 0.497 e. The molecule has 3 aromatic rings. The summed E-state index contributed by atoms with van der Waals surface area (Å²) in [5.74, 6) is 1.23. The van der Waals surface area contributed by atoms with E-state index in [0.717, 1.165) is 37.1 Å². The van der Waals surface area contributed by atoms with Gasteiger partial charge in [0.25, 0.3) is 0 Å². The summed E-state index contributed by atoms with van der Waals surface area (Å²) in [6.07, 6.45) is 5.47. The molecule has 2 aromatic carbocycles. The SMILES string of the molecule is COc1ccc(N(CC(=O)NC2CCCCC2)C(=O)CSc2nnc(-c3ccccc3)n2C)cc1. The molecule has 0 saturated heterocycles. The molecule has 2 amide bonds. The number of carbonyl (C=O) groups is 2. The van der Waals surface area contributed by atoms with Crippen LogP contribution in [0, 0.1) is 0 Å². The molecule has 1 N–H and O–H groups in total. The van der Waals surface area contributed by atoms with Crippen LogP contribution in [-0.2, 0) is 16.6 Å². The molecule has 1 fully saturated rings. The lowest BCUT2D eigenvalue weighted by atomic mass is 9.95. The maximum Gasteiger partial charge on any atom is 0.240 e. The summed E-state index contributed by atoms with van der Waals surface area (Å²) in [6.45, 7) is -0.0314. The first kappa shape index (κ1) is 24.8. The number of nitrogens with zero attached hydrogens (tertiary/aromatic N) is 4. The van der Waals surface area contributed by atoms with Crippen LogP contribution in [0.5, 0.6) is 5.75 Å². The van der Waals surface area contributed by atoms with Crippen LogP contribution in [0.1, 0.15) is 32.1 Å². The highest BCUT2D eigenvalue weighted by Gasteiger charge is 2.23. The van der Waals surface area contributed by atoms with Crippen LogP contribution in [0.2, 0.25) is 0 Å². The Bertz CT molecular complexity index is 1130. The van der Waals surface area contributed by atoms with Crippen molar-refractivity contribution in [1.29, 1.82) is 0 Å². The van der Waals surface area contributed by atoms with E-state index in [9.17, 15) is 9.59 Å². The lowest BCUT2D eigenvalue weighted by Crippen LogP contribution is -2.45. The molecule has 1 aromatic heterocycles. The second kappa shape index (κ2) is 11.9. The molecule has 0 unspecified atom stereocenters. The number of hydrogen-bond donors (Lipinski definition) is 1. The number of amides is 2. The van der Waals surface area contributed by atoms with Gasteiger partial charge in [-0.2, -0.15) is 0 Å². The van der Waals surface area contributed by atoms with Crippen molar-refractivity contribution in [2.75, 3.05) is 24.3 Å². The molecule has 35 heavy (non-hydrogen) atoms. The van der Waals surface area contributed by atoms with Gasteiger partial charge in [0.1, 0.15) is 12.3 Å². The third-order valence-corrected chi connectivity index (χ3v) is 7.15. The Labute approximate surface area is 210 Å². The fourth-order valence-electron chi connectivity index (χ4n) is 4.23. The van der Waals surface area contributed by atoms with Gasteiger partial charge in [0, 0.05) is 24.3 Å². The molecule has 1 heterocycles. The second-order valence-corrected chi connectivity index (χ2v) is 9.54. The van der Waals surface area contributed by atoms with Gasteiger partial charge < -0.3 is 19.5 Å². The van der Waals surface area contributed by atoms with Gasteiger partial charge in [-0.15, -0.1) is 10.2 Å². The van der Waals surface area contributed by atoms with Gasteiger partial charge in [-0.05, 0) is 37.1 Å². The van der Waals surface area contributed by atoms with E-state index in [2.05, 4.69) is 15.5 Å². The van der Waals surface area contributed by atoms with Crippen molar-refractivity contribution in [1.82, 2.24) is 20.1 Å².